The van der Waals surface area contributed by atoms with Gasteiger partial charge in [0.15, 0.2) is 0 Å². The Morgan fingerprint density at radius 1 is 1.86 bits per heavy atom. The van der Waals surface area contributed by atoms with Gasteiger partial charge in [-0.2, -0.15) is 0 Å². The average Bonchev–Trinajstić information content (AvgIpc) is 2.43. The van der Waals surface area contributed by atoms with E-state index in [1.807, 2.05) is 0 Å². The molecule has 1 aliphatic carbocycles. The second kappa shape index (κ2) is 1.55. The van der Waals surface area contributed by atoms with Crippen LogP contribution in [0.3, 0.4) is 0 Å². The predicted molar refractivity (Wildman–Crippen MR) is 29.5 cm³/mol. The van der Waals surface area contributed by atoms with Gasteiger partial charge in [0.05, 0.1) is 0 Å². The van der Waals surface area contributed by atoms with Crippen LogP contribution in [0.5, 0.6) is 0 Å². The summed E-state index contributed by atoms with van der Waals surface area (Å²) in [5.74, 6) is 3.84. The van der Waals surface area contributed by atoms with E-state index in [1.165, 1.54) is 0 Å². The normalized spacial score (nSPS) is 37.1. The van der Waals surface area contributed by atoms with E-state index < -0.39 is 0 Å². The highest BCUT2D eigenvalue weighted by Crippen LogP contribution is 2.35. The zero-order valence-corrected chi connectivity index (χ0v) is 4.22. The lowest BCUT2D eigenvalue weighted by molar-refractivity contribution is 0.808. The Kier molecular flexibility index (Phi) is 1.04. The molecule has 38 valence electrons. The molecule has 0 spiro atoms. The van der Waals surface area contributed by atoms with Crippen molar-refractivity contribution in [3.05, 3.63) is 0 Å². The molecule has 0 amide bonds. The quantitative estimate of drug-likeness (QED) is 0.463. The van der Waals surface area contributed by atoms with E-state index in [4.69, 9.17) is 12.2 Å². The third-order valence-electron chi connectivity index (χ3n) is 1.44. The summed E-state index contributed by atoms with van der Waals surface area (Å²) in [4.78, 5) is 0. The summed E-state index contributed by atoms with van der Waals surface area (Å²) in [6.07, 6.45) is 6.25. The van der Waals surface area contributed by atoms with Crippen LogP contribution in [0.2, 0.25) is 0 Å². The predicted octanol–water partition coefficient (Wildman–Crippen LogP) is 0.214. The summed E-state index contributed by atoms with van der Waals surface area (Å²) in [6, 6.07) is 0. The largest absolute Gasteiger partial charge is 0.330 e. The molecule has 2 N–H and O–H groups in total. The second-order valence-electron chi connectivity index (χ2n) is 2.00. The molecule has 1 nitrogen and oxygen atoms in total. The molecule has 0 radical (unpaired) electrons. The van der Waals surface area contributed by atoms with Gasteiger partial charge in [-0.3, -0.25) is 0 Å². The van der Waals surface area contributed by atoms with Gasteiger partial charge >= 0.3 is 0 Å². The summed E-state index contributed by atoms with van der Waals surface area (Å²) in [6.45, 7) is 0.773. The minimum atomic E-state index is 0.519. The SMILES string of the molecule is C#C[C@H]1C[C@@H]1CN. The fraction of sp³-hybridized carbons (Fsp3) is 0.667. The first-order valence-corrected chi connectivity index (χ1v) is 2.54. The van der Waals surface area contributed by atoms with Crippen LogP contribution in [0.1, 0.15) is 6.42 Å². The van der Waals surface area contributed by atoms with Gasteiger partial charge in [-0.05, 0) is 18.9 Å². The molecule has 0 aliphatic heterocycles. The van der Waals surface area contributed by atoms with Gasteiger partial charge in [0.25, 0.3) is 0 Å². The lowest BCUT2D eigenvalue weighted by atomic mass is 10.3. The van der Waals surface area contributed by atoms with Crippen LogP contribution < -0.4 is 5.73 Å². The molecule has 0 bridgehead atoms. The van der Waals surface area contributed by atoms with E-state index in [0.717, 1.165) is 13.0 Å². The number of hydrogen-bond acceptors (Lipinski definition) is 1. The van der Waals surface area contributed by atoms with E-state index in [2.05, 4.69) is 5.92 Å². The van der Waals surface area contributed by atoms with Crippen molar-refractivity contribution in [3.63, 3.8) is 0 Å². The molecule has 0 saturated heterocycles. The number of nitrogens with two attached hydrogens (primary N) is 1. The Bertz CT molecular complexity index is 101. The van der Waals surface area contributed by atoms with Crippen molar-refractivity contribution in [2.24, 2.45) is 17.6 Å². The van der Waals surface area contributed by atoms with E-state index in [1.54, 1.807) is 0 Å². The van der Waals surface area contributed by atoms with Gasteiger partial charge in [0.2, 0.25) is 0 Å². The van der Waals surface area contributed by atoms with E-state index >= 15 is 0 Å². The van der Waals surface area contributed by atoms with Crippen LogP contribution in [0.25, 0.3) is 0 Å². The lowest BCUT2D eigenvalue weighted by Gasteiger charge is -1.80. The Morgan fingerprint density at radius 2 is 2.57 bits per heavy atom. The molecule has 0 aromatic rings. The molecule has 0 aromatic heterocycles. The molecule has 0 unspecified atom stereocenters. The summed E-state index contributed by atoms with van der Waals surface area (Å²) < 4.78 is 0. The second-order valence-corrected chi connectivity index (χ2v) is 2.00. The standard InChI is InChI=1S/C6H9N/c1-2-5-3-6(5)4-7/h1,5-6H,3-4,7H2/t5-,6+/m0/s1. The fourth-order valence-corrected chi connectivity index (χ4v) is 0.712. The maximum absolute atomic E-state index is 5.30. The molecule has 7 heavy (non-hydrogen) atoms. The van der Waals surface area contributed by atoms with E-state index in [9.17, 15) is 0 Å². The van der Waals surface area contributed by atoms with Crippen molar-refractivity contribution in [3.8, 4) is 12.3 Å². The van der Waals surface area contributed by atoms with Gasteiger partial charge in [0, 0.05) is 5.92 Å². The molecule has 2 atom stereocenters. The molecule has 1 heteroatoms. The van der Waals surface area contributed by atoms with Crippen molar-refractivity contribution >= 4 is 0 Å². The highest BCUT2D eigenvalue weighted by Gasteiger charge is 2.33. The molecule has 1 saturated carbocycles. The Hall–Kier alpha value is -0.480. The minimum Gasteiger partial charge on any atom is -0.330 e. The van der Waals surface area contributed by atoms with Gasteiger partial charge in [-0.15, -0.1) is 12.3 Å². The summed E-state index contributed by atoms with van der Waals surface area (Å²) >= 11 is 0. The Balaban J connectivity index is 2.21. The van der Waals surface area contributed by atoms with Crippen molar-refractivity contribution in [2.75, 3.05) is 6.54 Å². The van der Waals surface area contributed by atoms with Crippen LogP contribution >= 0.6 is 0 Å². The van der Waals surface area contributed by atoms with Crippen molar-refractivity contribution in [1.82, 2.24) is 0 Å². The number of hydrogen-bond donors (Lipinski definition) is 1. The zero-order valence-electron chi connectivity index (χ0n) is 4.22. The molecular formula is C6H9N. The molecule has 1 rings (SSSR count). The highest BCUT2D eigenvalue weighted by atomic mass is 14.6. The molecule has 1 aliphatic rings. The van der Waals surface area contributed by atoms with Gasteiger partial charge < -0.3 is 5.73 Å². The monoisotopic (exact) mass is 95.1 g/mol. The smallest absolute Gasteiger partial charge is 0.0244 e. The van der Waals surface area contributed by atoms with Crippen molar-refractivity contribution in [2.45, 2.75) is 6.42 Å². The number of terminal acetylenes is 1. The number of rotatable bonds is 1. The van der Waals surface area contributed by atoms with Crippen LogP contribution in [0, 0.1) is 24.2 Å². The first-order chi connectivity index (χ1) is 3.38. The first kappa shape index (κ1) is 4.67. The van der Waals surface area contributed by atoms with Crippen LogP contribution in [-0.2, 0) is 0 Å². The lowest BCUT2D eigenvalue weighted by Crippen LogP contribution is -2.01. The topological polar surface area (TPSA) is 26.0 Å². The molecular weight excluding hydrogens is 86.1 g/mol. The van der Waals surface area contributed by atoms with Gasteiger partial charge in [0.1, 0.15) is 0 Å². The van der Waals surface area contributed by atoms with Crippen LogP contribution in [0.4, 0.5) is 0 Å². The van der Waals surface area contributed by atoms with Crippen molar-refractivity contribution < 1.29 is 0 Å². The van der Waals surface area contributed by atoms with Crippen LogP contribution in [-0.4, -0.2) is 6.54 Å². The Labute approximate surface area is 43.9 Å². The highest BCUT2D eigenvalue weighted by molar-refractivity contribution is 5.07. The van der Waals surface area contributed by atoms with Gasteiger partial charge in [-0.25, -0.2) is 0 Å². The average molecular weight is 95.1 g/mol. The first-order valence-electron chi connectivity index (χ1n) is 2.54. The van der Waals surface area contributed by atoms with E-state index in [0.29, 0.717) is 11.8 Å². The minimum absolute atomic E-state index is 0.519. The summed E-state index contributed by atoms with van der Waals surface area (Å²) in [5.41, 5.74) is 5.30. The maximum atomic E-state index is 5.30. The third kappa shape index (κ3) is 0.755. The molecule has 1 fully saturated rings. The fourth-order valence-electron chi connectivity index (χ4n) is 0.712. The van der Waals surface area contributed by atoms with Crippen LogP contribution in [0.15, 0.2) is 0 Å². The zero-order chi connectivity index (χ0) is 5.28. The van der Waals surface area contributed by atoms with Crippen molar-refractivity contribution in [1.29, 1.82) is 0 Å². The molecule has 0 heterocycles. The summed E-state index contributed by atoms with van der Waals surface area (Å²) in [5, 5.41) is 0. The maximum Gasteiger partial charge on any atom is 0.0244 e. The Morgan fingerprint density at radius 3 is 2.71 bits per heavy atom. The summed E-state index contributed by atoms with van der Waals surface area (Å²) in [7, 11) is 0. The van der Waals surface area contributed by atoms with E-state index in [-0.39, 0.29) is 0 Å². The molecule has 0 aromatic carbocycles. The van der Waals surface area contributed by atoms with Gasteiger partial charge in [-0.1, -0.05) is 0 Å². The third-order valence-corrected chi connectivity index (χ3v) is 1.44.